The third-order valence-corrected chi connectivity index (χ3v) is 4.25. The van der Waals surface area contributed by atoms with Crippen LogP contribution in [0.1, 0.15) is 51.2 Å². The minimum atomic E-state index is -0.633. The second kappa shape index (κ2) is 7.08. The van der Waals surface area contributed by atoms with Gasteiger partial charge in [0.05, 0.1) is 12.5 Å². The van der Waals surface area contributed by atoms with Gasteiger partial charge in [0.25, 0.3) is 0 Å². The summed E-state index contributed by atoms with van der Waals surface area (Å²) in [7, 11) is 1.44. The lowest BCUT2D eigenvalue weighted by molar-refractivity contribution is -0.147. The number of aryl methyl sites for hydroxylation is 1. The summed E-state index contributed by atoms with van der Waals surface area (Å²) >= 11 is 0. The first-order valence-corrected chi connectivity index (χ1v) is 7.51. The molecule has 21 heavy (non-hydrogen) atoms. The van der Waals surface area contributed by atoms with E-state index in [2.05, 4.69) is 0 Å². The van der Waals surface area contributed by atoms with E-state index in [1.54, 1.807) is 0 Å². The van der Waals surface area contributed by atoms with Gasteiger partial charge in [-0.2, -0.15) is 0 Å². The van der Waals surface area contributed by atoms with Gasteiger partial charge in [-0.3, -0.25) is 4.79 Å². The van der Waals surface area contributed by atoms with Gasteiger partial charge in [-0.25, -0.2) is 0 Å². The van der Waals surface area contributed by atoms with Crippen LogP contribution >= 0.6 is 0 Å². The van der Waals surface area contributed by atoms with E-state index in [0.717, 1.165) is 24.0 Å². The predicted octanol–water partition coefficient (Wildman–Crippen LogP) is 3.61. The highest BCUT2D eigenvalue weighted by atomic mass is 16.5. The largest absolute Gasteiger partial charge is 0.468 e. The number of hydrogen-bond acceptors (Lipinski definition) is 3. The van der Waals surface area contributed by atoms with Crippen LogP contribution in [0.4, 0.5) is 0 Å². The Morgan fingerprint density at radius 3 is 2.43 bits per heavy atom. The second-order valence-electron chi connectivity index (χ2n) is 6.87. The Morgan fingerprint density at radius 1 is 1.24 bits per heavy atom. The summed E-state index contributed by atoms with van der Waals surface area (Å²) in [5.74, 6) is -0.199. The van der Waals surface area contributed by atoms with E-state index in [-0.39, 0.29) is 18.0 Å². The van der Waals surface area contributed by atoms with E-state index < -0.39 is 5.41 Å². The zero-order chi connectivity index (χ0) is 16.1. The van der Waals surface area contributed by atoms with Crippen molar-refractivity contribution in [2.24, 2.45) is 5.41 Å². The van der Waals surface area contributed by atoms with Crippen LogP contribution in [0, 0.1) is 12.3 Å². The lowest BCUT2D eigenvalue weighted by atomic mass is 9.76. The maximum Gasteiger partial charge on any atom is 0.315 e. The van der Waals surface area contributed by atoms with Crippen LogP contribution in [0.25, 0.3) is 0 Å². The van der Waals surface area contributed by atoms with Crippen molar-refractivity contribution in [1.29, 1.82) is 0 Å². The molecule has 1 rings (SSSR count). The molecule has 1 aromatic rings. The van der Waals surface area contributed by atoms with Crippen LogP contribution in [0.3, 0.4) is 0 Å². The molecule has 3 heteroatoms. The van der Waals surface area contributed by atoms with Crippen molar-refractivity contribution in [2.75, 3.05) is 13.7 Å². The molecule has 1 N–H and O–H groups in total. The van der Waals surface area contributed by atoms with Gasteiger partial charge in [0, 0.05) is 6.61 Å². The first-order chi connectivity index (χ1) is 9.75. The molecule has 0 fully saturated rings. The molecule has 0 aliphatic carbocycles. The molecule has 0 aromatic heterocycles. The Hall–Kier alpha value is -1.35. The standard InChI is InChI=1S/C18H28O3/c1-14-8-6-9-15(12-14)18(4,16(20)21-5)11-7-10-17(2,3)13-19/h6,8-9,12,19H,7,10-11,13H2,1-5H3. The molecule has 1 aromatic carbocycles. The fraction of sp³-hybridized carbons (Fsp3) is 0.611. The number of carbonyl (C=O) groups excluding carboxylic acids is 1. The van der Waals surface area contributed by atoms with Crippen molar-refractivity contribution >= 4 is 5.97 Å². The van der Waals surface area contributed by atoms with Crippen molar-refractivity contribution in [1.82, 2.24) is 0 Å². The van der Waals surface area contributed by atoms with E-state index in [1.807, 2.05) is 52.0 Å². The number of ether oxygens (including phenoxy) is 1. The van der Waals surface area contributed by atoms with E-state index in [0.29, 0.717) is 6.42 Å². The Labute approximate surface area is 128 Å². The maximum atomic E-state index is 12.3. The summed E-state index contributed by atoms with van der Waals surface area (Å²) < 4.78 is 5.03. The molecule has 0 amide bonds. The van der Waals surface area contributed by atoms with Crippen LogP contribution in [-0.4, -0.2) is 24.8 Å². The Balaban J connectivity index is 2.92. The molecular weight excluding hydrogens is 264 g/mol. The van der Waals surface area contributed by atoms with Gasteiger partial charge in [-0.05, 0) is 37.7 Å². The minimum absolute atomic E-state index is 0.108. The fourth-order valence-electron chi connectivity index (χ4n) is 2.58. The summed E-state index contributed by atoms with van der Waals surface area (Å²) in [6, 6.07) is 8.04. The Bertz CT molecular complexity index is 479. The Morgan fingerprint density at radius 2 is 1.90 bits per heavy atom. The van der Waals surface area contributed by atoms with Gasteiger partial charge in [-0.15, -0.1) is 0 Å². The number of benzene rings is 1. The second-order valence-corrected chi connectivity index (χ2v) is 6.87. The van der Waals surface area contributed by atoms with Gasteiger partial charge >= 0.3 is 5.97 Å². The summed E-state index contributed by atoms with van der Waals surface area (Å²) in [6.07, 6.45) is 2.46. The molecule has 0 bridgehead atoms. The molecule has 0 heterocycles. The molecule has 1 atom stereocenters. The van der Waals surface area contributed by atoms with Crippen molar-refractivity contribution in [3.63, 3.8) is 0 Å². The molecule has 0 aliphatic rings. The predicted molar refractivity (Wildman–Crippen MR) is 85.3 cm³/mol. The maximum absolute atomic E-state index is 12.3. The number of methoxy groups -OCH3 is 1. The first-order valence-electron chi connectivity index (χ1n) is 7.51. The summed E-state index contributed by atoms with van der Waals surface area (Å²) in [6.45, 7) is 8.20. The van der Waals surface area contributed by atoms with Gasteiger partial charge < -0.3 is 9.84 Å². The SMILES string of the molecule is COC(=O)C(C)(CCCC(C)(C)CO)c1cccc(C)c1. The van der Waals surface area contributed by atoms with Gasteiger partial charge in [-0.1, -0.05) is 50.1 Å². The molecular formula is C18H28O3. The van der Waals surface area contributed by atoms with E-state index in [1.165, 1.54) is 7.11 Å². The topological polar surface area (TPSA) is 46.5 Å². The monoisotopic (exact) mass is 292 g/mol. The van der Waals surface area contributed by atoms with Crippen molar-refractivity contribution in [3.8, 4) is 0 Å². The molecule has 0 saturated carbocycles. The molecule has 118 valence electrons. The van der Waals surface area contributed by atoms with Crippen molar-refractivity contribution in [2.45, 2.75) is 52.4 Å². The smallest absolute Gasteiger partial charge is 0.315 e. The highest BCUT2D eigenvalue weighted by molar-refractivity contribution is 5.82. The summed E-state index contributed by atoms with van der Waals surface area (Å²) in [5, 5.41) is 9.34. The highest BCUT2D eigenvalue weighted by Gasteiger charge is 2.36. The first kappa shape index (κ1) is 17.7. The number of aliphatic hydroxyl groups is 1. The Kier molecular flexibility index (Phi) is 5.97. The van der Waals surface area contributed by atoms with E-state index in [9.17, 15) is 9.90 Å². The zero-order valence-corrected chi connectivity index (χ0v) is 13.9. The number of hydrogen-bond donors (Lipinski definition) is 1. The molecule has 1 unspecified atom stereocenters. The molecule has 0 spiro atoms. The van der Waals surface area contributed by atoms with Crippen LogP contribution in [-0.2, 0) is 14.9 Å². The van der Waals surface area contributed by atoms with Crippen molar-refractivity contribution < 1.29 is 14.6 Å². The summed E-state index contributed by atoms with van der Waals surface area (Å²) in [5.41, 5.74) is 1.39. The number of rotatable bonds is 7. The van der Waals surface area contributed by atoms with Crippen LogP contribution in [0.15, 0.2) is 24.3 Å². The molecule has 3 nitrogen and oxygen atoms in total. The normalized spacial score (nSPS) is 14.6. The average Bonchev–Trinajstić information content (AvgIpc) is 2.46. The number of carbonyl (C=O) groups is 1. The van der Waals surface area contributed by atoms with Crippen molar-refractivity contribution in [3.05, 3.63) is 35.4 Å². The van der Waals surface area contributed by atoms with Crippen LogP contribution in [0.5, 0.6) is 0 Å². The van der Waals surface area contributed by atoms with Gasteiger partial charge in [0.2, 0.25) is 0 Å². The molecule has 0 aliphatic heterocycles. The number of aliphatic hydroxyl groups excluding tert-OH is 1. The lowest BCUT2D eigenvalue weighted by Gasteiger charge is -2.29. The van der Waals surface area contributed by atoms with Gasteiger partial charge in [0.1, 0.15) is 0 Å². The van der Waals surface area contributed by atoms with Crippen LogP contribution in [0.2, 0.25) is 0 Å². The highest BCUT2D eigenvalue weighted by Crippen LogP contribution is 2.34. The molecule has 0 saturated heterocycles. The quantitative estimate of drug-likeness (QED) is 0.781. The van der Waals surface area contributed by atoms with E-state index >= 15 is 0 Å². The third-order valence-electron chi connectivity index (χ3n) is 4.25. The minimum Gasteiger partial charge on any atom is -0.468 e. The summed E-state index contributed by atoms with van der Waals surface area (Å²) in [4.78, 5) is 12.3. The fourth-order valence-corrected chi connectivity index (χ4v) is 2.58. The third kappa shape index (κ3) is 4.57. The number of esters is 1. The lowest BCUT2D eigenvalue weighted by Crippen LogP contribution is -2.34. The van der Waals surface area contributed by atoms with E-state index in [4.69, 9.17) is 4.74 Å². The zero-order valence-electron chi connectivity index (χ0n) is 13.9. The van der Waals surface area contributed by atoms with Crippen LogP contribution < -0.4 is 0 Å². The van der Waals surface area contributed by atoms with Gasteiger partial charge in [0.15, 0.2) is 0 Å². The average molecular weight is 292 g/mol. The molecule has 0 radical (unpaired) electrons.